The average molecular weight is 409 g/mol. The van der Waals surface area contributed by atoms with Crippen molar-refractivity contribution in [2.75, 3.05) is 0 Å². The fourth-order valence-electron chi connectivity index (χ4n) is 3.72. The maximum absolute atomic E-state index is 14.2. The SMILES string of the molecule is CCCc1ccc(-c2cc(-c3nccc4c(F)cccc34)ccc2C(F)(F)F)cc1. The van der Waals surface area contributed by atoms with Crippen LogP contribution < -0.4 is 0 Å². The summed E-state index contributed by atoms with van der Waals surface area (Å²) in [5.74, 6) is -0.394. The highest BCUT2D eigenvalue weighted by Gasteiger charge is 2.34. The molecular formula is C25H19F4N. The number of hydrogen-bond donors (Lipinski definition) is 0. The zero-order valence-electron chi connectivity index (χ0n) is 16.3. The van der Waals surface area contributed by atoms with Crippen LogP contribution >= 0.6 is 0 Å². The summed E-state index contributed by atoms with van der Waals surface area (Å²) in [5, 5.41) is 0.939. The van der Waals surface area contributed by atoms with E-state index in [9.17, 15) is 17.6 Å². The number of hydrogen-bond acceptors (Lipinski definition) is 1. The first-order chi connectivity index (χ1) is 14.4. The highest BCUT2D eigenvalue weighted by Crippen LogP contribution is 2.40. The van der Waals surface area contributed by atoms with E-state index in [1.807, 2.05) is 12.1 Å². The molecule has 4 aromatic rings. The first kappa shape index (κ1) is 20.1. The van der Waals surface area contributed by atoms with Gasteiger partial charge in [0.05, 0.1) is 11.3 Å². The molecule has 0 saturated carbocycles. The minimum absolute atomic E-state index is 0.0817. The first-order valence-corrected chi connectivity index (χ1v) is 9.72. The van der Waals surface area contributed by atoms with Crippen LogP contribution in [0.5, 0.6) is 0 Å². The predicted molar refractivity (Wildman–Crippen MR) is 112 cm³/mol. The Morgan fingerprint density at radius 2 is 1.57 bits per heavy atom. The van der Waals surface area contributed by atoms with Crippen molar-refractivity contribution in [1.82, 2.24) is 4.98 Å². The molecule has 0 spiro atoms. The summed E-state index contributed by atoms with van der Waals surface area (Å²) in [6.45, 7) is 2.05. The summed E-state index contributed by atoms with van der Waals surface area (Å²) < 4.78 is 55.3. The van der Waals surface area contributed by atoms with Crippen molar-refractivity contribution in [3.05, 3.63) is 89.9 Å². The van der Waals surface area contributed by atoms with Crippen molar-refractivity contribution in [1.29, 1.82) is 0 Å². The van der Waals surface area contributed by atoms with Gasteiger partial charge in [-0.25, -0.2) is 4.39 Å². The van der Waals surface area contributed by atoms with Gasteiger partial charge in [-0.05, 0) is 47.4 Å². The standard InChI is InChI=1S/C25H19F4N/c1-2-4-16-7-9-17(10-8-16)21-15-18(11-12-22(21)25(27,28)29)24-20-5-3-6-23(26)19(20)13-14-30-24/h3,5-15H,2,4H2,1H3. The summed E-state index contributed by atoms with van der Waals surface area (Å²) in [6.07, 6.45) is -1.18. The smallest absolute Gasteiger partial charge is 0.256 e. The second-order valence-corrected chi connectivity index (χ2v) is 7.20. The lowest BCUT2D eigenvalue weighted by atomic mass is 9.93. The highest BCUT2D eigenvalue weighted by atomic mass is 19.4. The number of halogens is 4. The first-order valence-electron chi connectivity index (χ1n) is 9.72. The monoisotopic (exact) mass is 409 g/mol. The molecule has 0 aliphatic heterocycles. The highest BCUT2D eigenvalue weighted by molar-refractivity contribution is 5.95. The van der Waals surface area contributed by atoms with Crippen molar-refractivity contribution in [2.24, 2.45) is 0 Å². The Morgan fingerprint density at radius 1 is 0.833 bits per heavy atom. The molecule has 0 saturated heterocycles. The van der Waals surface area contributed by atoms with Gasteiger partial charge in [-0.2, -0.15) is 13.2 Å². The molecule has 1 heterocycles. The van der Waals surface area contributed by atoms with E-state index in [0.717, 1.165) is 24.5 Å². The Hall–Kier alpha value is -3.21. The summed E-state index contributed by atoms with van der Waals surface area (Å²) >= 11 is 0. The van der Waals surface area contributed by atoms with E-state index in [2.05, 4.69) is 11.9 Å². The second-order valence-electron chi connectivity index (χ2n) is 7.20. The molecule has 30 heavy (non-hydrogen) atoms. The molecule has 152 valence electrons. The van der Waals surface area contributed by atoms with Crippen LogP contribution in [0, 0.1) is 5.82 Å². The quantitative estimate of drug-likeness (QED) is 0.315. The van der Waals surface area contributed by atoms with Crippen LogP contribution in [-0.2, 0) is 12.6 Å². The fraction of sp³-hybridized carbons (Fsp3) is 0.160. The number of nitrogens with zero attached hydrogens (tertiary/aromatic N) is 1. The van der Waals surface area contributed by atoms with E-state index in [1.54, 1.807) is 30.3 Å². The number of aryl methyl sites for hydroxylation is 1. The van der Waals surface area contributed by atoms with Gasteiger partial charge in [-0.1, -0.05) is 55.8 Å². The number of fused-ring (bicyclic) bond motifs is 1. The van der Waals surface area contributed by atoms with E-state index >= 15 is 0 Å². The lowest BCUT2D eigenvalue weighted by Gasteiger charge is -2.16. The zero-order chi connectivity index (χ0) is 21.3. The molecule has 3 aromatic carbocycles. The minimum Gasteiger partial charge on any atom is -0.256 e. The Bertz CT molecular complexity index is 1190. The molecule has 5 heteroatoms. The molecule has 4 rings (SSSR count). The number of rotatable bonds is 4. The molecule has 0 bridgehead atoms. The number of aromatic nitrogens is 1. The average Bonchev–Trinajstić information content (AvgIpc) is 2.73. The van der Waals surface area contributed by atoms with Crippen LogP contribution in [-0.4, -0.2) is 4.98 Å². The third-order valence-corrected chi connectivity index (χ3v) is 5.15. The van der Waals surface area contributed by atoms with Gasteiger partial charge in [-0.15, -0.1) is 0 Å². The lowest BCUT2D eigenvalue weighted by molar-refractivity contribution is -0.137. The molecule has 1 nitrogen and oxygen atoms in total. The Kier molecular flexibility index (Phi) is 5.29. The van der Waals surface area contributed by atoms with Crippen LogP contribution in [0.25, 0.3) is 33.2 Å². The van der Waals surface area contributed by atoms with Crippen molar-refractivity contribution in [3.63, 3.8) is 0 Å². The Labute approximate surface area is 172 Å². The van der Waals surface area contributed by atoms with E-state index in [4.69, 9.17) is 0 Å². The number of alkyl halides is 3. The lowest BCUT2D eigenvalue weighted by Crippen LogP contribution is -2.07. The van der Waals surface area contributed by atoms with Gasteiger partial charge in [0.1, 0.15) is 5.82 Å². The zero-order valence-corrected chi connectivity index (χ0v) is 16.3. The normalized spacial score (nSPS) is 11.8. The number of benzene rings is 3. The van der Waals surface area contributed by atoms with Crippen LogP contribution in [0.2, 0.25) is 0 Å². The third-order valence-electron chi connectivity index (χ3n) is 5.15. The van der Waals surface area contributed by atoms with Crippen molar-refractivity contribution < 1.29 is 17.6 Å². The summed E-state index contributed by atoms with van der Waals surface area (Å²) in [4.78, 5) is 4.34. The van der Waals surface area contributed by atoms with Gasteiger partial charge in [0, 0.05) is 22.5 Å². The summed E-state index contributed by atoms with van der Waals surface area (Å²) in [6, 6.07) is 17.3. The minimum atomic E-state index is -4.49. The van der Waals surface area contributed by atoms with E-state index < -0.39 is 17.6 Å². The van der Waals surface area contributed by atoms with Gasteiger partial charge in [0.15, 0.2) is 0 Å². The van der Waals surface area contributed by atoms with E-state index in [1.165, 1.54) is 24.4 Å². The maximum Gasteiger partial charge on any atom is 0.417 e. The van der Waals surface area contributed by atoms with Gasteiger partial charge < -0.3 is 0 Å². The van der Waals surface area contributed by atoms with E-state index in [-0.39, 0.29) is 5.56 Å². The second kappa shape index (κ2) is 7.90. The third kappa shape index (κ3) is 3.80. The molecule has 0 unspecified atom stereocenters. The van der Waals surface area contributed by atoms with Gasteiger partial charge >= 0.3 is 6.18 Å². The van der Waals surface area contributed by atoms with E-state index in [0.29, 0.717) is 27.6 Å². The molecule has 1 aromatic heterocycles. The van der Waals surface area contributed by atoms with Gasteiger partial charge in [-0.3, -0.25) is 4.98 Å². The molecule has 0 aliphatic rings. The van der Waals surface area contributed by atoms with Crippen molar-refractivity contribution in [2.45, 2.75) is 25.9 Å². The molecule has 0 radical (unpaired) electrons. The van der Waals surface area contributed by atoms with Crippen LogP contribution in [0.4, 0.5) is 17.6 Å². The van der Waals surface area contributed by atoms with Crippen LogP contribution in [0.1, 0.15) is 24.5 Å². The molecule has 0 fully saturated rings. The number of pyridine rings is 1. The maximum atomic E-state index is 14.2. The molecule has 0 atom stereocenters. The fourth-order valence-corrected chi connectivity index (χ4v) is 3.72. The summed E-state index contributed by atoms with van der Waals surface area (Å²) in [5.41, 5.74) is 1.89. The molecular weight excluding hydrogens is 390 g/mol. The molecule has 0 aliphatic carbocycles. The Morgan fingerprint density at radius 3 is 2.27 bits per heavy atom. The van der Waals surface area contributed by atoms with Crippen LogP contribution in [0.3, 0.4) is 0 Å². The van der Waals surface area contributed by atoms with Gasteiger partial charge in [0.25, 0.3) is 0 Å². The topological polar surface area (TPSA) is 12.9 Å². The molecule has 0 amide bonds. The largest absolute Gasteiger partial charge is 0.417 e. The molecule has 0 N–H and O–H groups in total. The van der Waals surface area contributed by atoms with Crippen LogP contribution in [0.15, 0.2) is 72.9 Å². The van der Waals surface area contributed by atoms with Crippen molar-refractivity contribution in [3.8, 4) is 22.4 Å². The summed E-state index contributed by atoms with van der Waals surface area (Å²) in [7, 11) is 0. The predicted octanol–water partition coefficient (Wildman–Crippen LogP) is 7.68. The Balaban J connectivity index is 1.90. The van der Waals surface area contributed by atoms with Gasteiger partial charge in [0.2, 0.25) is 0 Å². The van der Waals surface area contributed by atoms with Crippen molar-refractivity contribution >= 4 is 10.8 Å².